The third-order valence-corrected chi connectivity index (χ3v) is 2.83. The molecule has 0 saturated heterocycles. The van der Waals surface area contributed by atoms with Gasteiger partial charge in [0.05, 0.1) is 0 Å². The minimum atomic E-state index is 0.756. The lowest BCUT2D eigenvalue weighted by molar-refractivity contribution is 0.669. The Kier molecular flexibility index (Phi) is 2.33. The van der Waals surface area contributed by atoms with E-state index >= 15 is 0 Å². The molecule has 0 unspecified atom stereocenters. The molecule has 0 radical (unpaired) electrons. The van der Waals surface area contributed by atoms with Crippen LogP contribution in [0.5, 0.6) is 0 Å². The summed E-state index contributed by atoms with van der Waals surface area (Å²) in [6.45, 7) is 4.44. The third-order valence-electron chi connectivity index (χ3n) is 2.83. The van der Waals surface area contributed by atoms with Gasteiger partial charge in [0.2, 0.25) is 0 Å². The molecule has 0 amide bonds. The number of fused-ring (bicyclic) bond motifs is 3. The Morgan fingerprint density at radius 2 is 1.88 bits per heavy atom. The van der Waals surface area contributed by atoms with Crippen molar-refractivity contribution in [2.75, 3.05) is 11.9 Å². The smallest absolute Gasteiger partial charge is 0.137 e. The van der Waals surface area contributed by atoms with Crippen LogP contribution in [0.4, 0.5) is 5.69 Å². The molecular formula is C15H13NO. The zero-order valence-corrected chi connectivity index (χ0v) is 9.44. The molecule has 3 aromatic rings. The second kappa shape index (κ2) is 3.98. The molecule has 2 aromatic carbocycles. The summed E-state index contributed by atoms with van der Waals surface area (Å²) in [6.07, 6.45) is 1.84. The molecule has 2 nitrogen and oxygen atoms in total. The average molecular weight is 223 g/mol. The summed E-state index contributed by atoms with van der Waals surface area (Å²) >= 11 is 0. The molecular weight excluding hydrogens is 210 g/mol. The zero-order chi connectivity index (χ0) is 11.7. The first-order valence-corrected chi connectivity index (χ1v) is 5.64. The van der Waals surface area contributed by atoms with Crippen molar-refractivity contribution < 1.29 is 4.42 Å². The Hall–Kier alpha value is -2.22. The van der Waals surface area contributed by atoms with Gasteiger partial charge in [0.1, 0.15) is 11.2 Å². The van der Waals surface area contributed by atoms with Crippen molar-refractivity contribution in [3.05, 3.63) is 55.1 Å². The standard InChI is InChI=1S/C15H13NO/c1-2-9-16-11-7-8-13-12-5-3-4-6-14(12)17-15(13)10-11/h2-8,10,16H,1,9H2. The average Bonchev–Trinajstić information content (AvgIpc) is 2.74. The summed E-state index contributed by atoms with van der Waals surface area (Å²) in [6, 6.07) is 14.3. The third kappa shape index (κ3) is 1.68. The fraction of sp³-hybridized carbons (Fsp3) is 0.0667. The van der Waals surface area contributed by atoms with E-state index in [2.05, 4.69) is 30.1 Å². The first kappa shape index (κ1) is 9.97. The summed E-state index contributed by atoms with van der Waals surface area (Å²) in [5.41, 5.74) is 2.90. The Balaban J connectivity index is 2.16. The molecule has 0 bridgehead atoms. The van der Waals surface area contributed by atoms with Crippen molar-refractivity contribution in [1.29, 1.82) is 0 Å². The fourth-order valence-electron chi connectivity index (χ4n) is 2.03. The summed E-state index contributed by atoms with van der Waals surface area (Å²) in [7, 11) is 0. The van der Waals surface area contributed by atoms with Gasteiger partial charge in [-0.3, -0.25) is 0 Å². The molecule has 3 rings (SSSR count). The number of rotatable bonds is 3. The molecule has 17 heavy (non-hydrogen) atoms. The number of benzene rings is 2. The van der Waals surface area contributed by atoms with Crippen LogP contribution in [0.3, 0.4) is 0 Å². The topological polar surface area (TPSA) is 25.2 Å². The van der Waals surface area contributed by atoms with Crippen molar-refractivity contribution in [3.8, 4) is 0 Å². The van der Waals surface area contributed by atoms with E-state index in [-0.39, 0.29) is 0 Å². The summed E-state index contributed by atoms with van der Waals surface area (Å²) in [4.78, 5) is 0. The molecule has 0 fully saturated rings. The minimum Gasteiger partial charge on any atom is -0.456 e. The lowest BCUT2D eigenvalue weighted by Crippen LogP contribution is -1.96. The lowest BCUT2D eigenvalue weighted by Gasteiger charge is -2.01. The number of nitrogens with one attached hydrogen (secondary N) is 1. The number of para-hydroxylation sites is 1. The van der Waals surface area contributed by atoms with Gasteiger partial charge >= 0.3 is 0 Å². The van der Waals surface area contributed by atoms with Crippen LogP contribution in [0.25, 0.3) is 21.9 Å². The Labute approximate surface area is 99.5 Å². The molecule has 0 aliphatic carbocycles. The second-order valence-corrected chi connectivity index (χ2v) is 3.98. The van der Waals surface area contributed by atoms with Crippen LogP contribution in [-0.2, 0) is 0 Å². The molecule has 0 aliphatic rings. The second-order valence-electron chi connectivity index (χ2n) is 3.98. The molecule has 1 N–H and O–H groups in total. The number of furan rings is 1. The highest BCUT2D eigenvalue weighted by Gasteiger charge is 2.05. The number of anilines is 1. The van der Waals surface area contributed by atoms with Gasteiger partial charge in [0.15, 0.2) is 0 Å². The normalized spacial score (nSPS) is 10.8. The van der Waals surface area contributed by atoms with Crippen molar-refractivity contribution >= 4 is 27.6 Å². The molecule has 0 saturated carbocycles. The molecule has 0 spiro atoms. The van der Waals surface area contributed by atoms with E-state index in [0.717, 1.165) is 34.2 Å². The van der Waals surface area contributed by atoms with Gasteiger partial charge in [-0.15, -0.1) is 6.58 Å². The molecule has 1 aromatic heterocycles. The van der Waals surface area contributed by atoms with Crippen LogP contribution in [0.15, 0.2) is 59.5 Å². The lowest BCUT2D eigenvalue weighted by atomic mass is 10.1. The maximum atomic E-state index is 5.81. The van der Waals surface area contributed by atoms with Crippen LogP contribution in [0.1, 0.15) is 0 Å². The van der Waals surface area contributed by atoms with E-state index in [1.165, 1.54) is 0 Å². The van der Waals surface area contributed by atoms with Gasteiger partial charge in [-0.05, 0) is 18.2 Å². The SMILES string of the molecule is C=CCNc1ccc2c(c1)oc1ccccc12. The minimum absolute atomic E-state index is 0.756. The van der Waals surface area contributed by atoms with E-state index in [1.807, 2.05) is 30.3 Å². The molecule has 0 atom stereocenters. The van der Waals surface area contributed by atoms with E-state index in [0.29, 0.717) is 0 Å². The van der Waals surface area contributed by atoms with Crippen LogP contribution in [0.2, 0.25) is 0 Å². The van der Waals surface area contributed by atoms with Gasteiger partial charge in [-0.1, -0.05) is 24.3 Å². The maximum Gasteiger partial charge on any atom is 0.137 e. The Morgan fingerprint density at radius 3 is 2.76 bits per heavy atom. The monoisotopic (exact) mass is 223 g/mol. The number of hydrogen-bond donors (Lipinski definition) is 1. The highest BCUT2D eigenvalue weighted by molar-refractivity contribution is 6.05. The zero-order valence-electron chi connectivity index (χ0n) is 9.44. The first-order chi connectivity index (χ1) is 8.38. The quantitative estimate of drug-likeness (QED) is 0.674. The van der Waals surface area contributed by atoms with E-state index < -0.39 is 0 Å². The Bertz CT molecular complexity index is 682. The highest BCUT2D eigenvalue weighted by Crippen LogP contribution is 2.30. The molecule has 1 heterocycles. The molecule has 2 heteroatoms. The van der Waals surface area contributed by atoms with E-state index in [9.17, 15) is 0 Å². The first-order valence-electron chi connectivity index (χ1n) is 5.64. The summed E-state index contributed by atoms with van der Waals surface area (Å²) in [5.74, 6) is 0. The largest absolute Gasteiger partial charge is 0.456 e. The van der Waals surface area contributed by atoms with Gasteiger partial charge in [-0.2, -0.15) is 0 Å². The van der Waals surface area contributed by atoms with Gasteiger partial charge in [0.25, 0.3) is 0 Å². The van der Waals surface area contributed by atoms with Gasteiger partial charge in [-0.25, -0.2) is 0 Å². The highest BCUT2D eigenvalue weighted by atomic mass is 16.3. The van der Waals surface area contributed by atoms with E-state index in [4.69, 9.17) is 4.42 Å². The summed E-state index contributed by atoms with van der Waals surface area (Å²) < 4.78 is 5.81. The van der Waals surface area contributed by atoms with Crippen molar-refractivity contribution in [3.63, 3.8) is 0 Å². The molecule has 84 valence electrons. The van der Waals surface area contributed by atoms with Crippen LogP contribution in [0, 0.1) is 0 Å². The van der Waals surface area contributed by atoms with Crippen molar-refractivity contribution in [1.82, 2.24) is 0 Å². The predicted octanol–water partition coefficient (Wildman–Crippen LogP) is 4.18. The number of hydrogen-bond acceptors (Lipinski definition) is 2. The van der Waals surface area contributed by atoms with Crippen LogP contribution >= 0.6 is 0 Å². The Morgan fingerprint density at radius 1 is 1.06 bits per heavy atom. The van der Waals surface area contributed by atoms with Crippen molar-refractivity contribution in [2.24, 2.45) is 0 Å². The van der Waals surface area contributed by atoms with Gasteiger partial charge in [0, 0.05) is 29.1 Å². The predicted molar refractivity (Wildman–Crippen MR) is 72.4 cm³/mol. The van der Waals surface area contributed by atoms with Crippen LogP contribution in [-0.4, -0.2) is 6.54 Å². The fourth-order valence-corrected chi connectivity index (χ4v) is 2.03. The maximum absolute atomic E-state index is 5.81. The van der Waals surface area contributed by atoms with Crippen molar-refractivity contribution in [2.45, 2.75) is 0 Å². The van der Waals surface area contributed by atoms with Gasteiger partial charge < -0.3 is 9.73 Å². The van der Waals surface area contributed by atoms with Crippen LogP contribution < -0.4 is 5.32 Å². The molecule has 0 aliphatic heterocycles. The summed E-state index contributed by atoms with van der Waals surface area (Å²) in [5, 5.41) is 5.57. The van der Waals surface area contributed by atoms with E-state index in [1.54, 1.807) is 0 Å².